The van der Waals surface area contributed by atoms with Gasteiger partial charge in [0.1, 0.15) is 6.61 Å². The van der Waals surface area contributed by atoms with Crippen molar-refractivity contribution in [2.75, 3.05) is 79.3 Å². The van der Waals surface area contributed by atoms with Gasteiger partial charge in [-0.25, -0.2) is 0 Å². The molecule has 0 spiro atoms. The van der Waals surface area contributed by atoms with E-state index in [0.717, 1.165) is 19.4 Å². The number of hydrogen-bond acceptors (Lipinski definition) is 7. The lowest BCUT2D eigenvalue weighted by Gasteiger charge is -2.08. The Hall–Kier alpha value is -0.570. The molecule has 0 saturated heterocycles. The van der Waals surface area contributed by atoms with Crippen LogP contribution in [0.3, 0.4) is 0 Å². The predicted molar refractivity (Wildman–Crippen MR) is 95.1 cm³/mol. The number of hydrogen-bond donors (Lipinski definition) is 0. The van der Waals surface area contributed by atoms with E-state index in [2.05, 4.69) is 6.92 Å². The zero-order chi connectivity index (χ0) is 18.4. The SMILES string of the molecule is CCCCOCCOCCOCCOCCOCCOCC(=O)CC. The van der Waals surface area contributed by atoms with E-state index in [4.69, 9.17) is 28.4 Å². The Balaban J connectivity index is 2.99. The van der Waals surface area contributed by atoms with Crippen LogP contribution in [0.5, 0.6) is 0 Å². The summed E-state index contributed by atoms with van der Waals surface area (Å²) in [7, 11) is 0. The molecule has 150 valence electrons. The summed E-state index contributed by atoms with van der Waals surface area (Å²) < 4.78 is 32.0. The molecule has 0 heterocycles. The molecule has 0 aromatic carbocycles. The van der Waals surface area contributed by atoms with Crippen molar-refractivity contribution in [2.45, 2.75) is 33.1 Å². The summed E-state index contributed by atoms with van der Waals surface area (Å²) in [4.78, 5) is 11.0. The third kappa shape index (κ3) is 21.4. The minimum Gasteiger partial charge on any atom is -0.379 e. The Kier molecular flexibility index (Phi) is 21.0. The Labute approximate surface area is 152 Å². The van der Waals surface area contributed by atoms with E-state index in [1.165, 1.54) is 0 Å². The highest BCUT2D eigenvalue weighted by Gasteiger charge is 1.97. The third-order valence-electron chi connectivity index (χ3n) is 3.16. The topological polar surface area (TPSA) is 72.5 Å². The van der Waals surface area contributed by atoms with Crippen molar-refractivity contribution >= 4 is 5.78 Å². The highest BCUT2D eigenvalue weighted by atomic mass is 16.6. The minimum absolute atomic E-state index is 0.106. The van der Waals surface area contributed by atoms with Crippen molar-refractivity contribution < 1.29 is 33.2 Å². The van der Waals surface area contributed by atoms with Gasteiger partial charge in [0.15, 0.2) is 5.78 Å². The van der Waals surface area contributed by atoms with Crippen molar-refractivity contribution in [3.05, 3.63) is 0 Å². The van der Waals surface area contributed by atoms with Crippen LogP contribution in [-0.2, 0) is 33.2 Å². The molecule has 0 radical (unpaired) electrons. The van der Waals surface area contributed by atoms with E-state index in [-0.39, 0.29) is 12.4 Å². The average molecular weight is 364 g/mol. The van der Waals surface area contributed by atoms with Crippen molar-refractivity contribution in [1.29, 1.82) is 0 Å². The summed E-state index contributed by atoms with van der Waals surface area (Å²) >= 11 is 0. The quantitative estimate of drug-likeness (QED) is 0.288. The van der Waals surface area contributed by atoms with Gasteiger partial charge in [-0.3, -0.25) is 4.79 Å². The average Bonchev–Trinajstić information content (AvgIpc) is 2.63. The molecule has 0 aliphatic heterocycles. The molecule has 0 aliphatic rings. The van der Waals surface area contributed by atoms with E-state index in [9.17, 15) is 4.79 Å². The van der Waals surface area contributed by atoms with E-state index < -0.39 is 0 Å². The summed E-state index contributed by atoms with van der Waals surface area (Å²) in [5.41, 5.74) is 0. The van der Waals surface area contributed by atoms with Gasteiger partial charge in [0, 0.05) is 13.0 Å². The minimum atomic E-state index is 0.106. The van der Waals surface area contributed by atoms with E-state index in [0.29, 0.717) is 72.5 Å². The van der Waals surface area contributed by atoms with Crippen LogP contribution in [0.15, 0.2) is 0 Å². The van der Waals surface area contributed by atoms with Crippen LogP contribution in [0.1, 0.15) is 33.1 Å². The molecule has 0 rings (SSSR count). The number of ether oxygens (including phenoxy) is 6. The maximum Gasteiger partial charge on any atom is 0.158 e. The van der Waals surface area contributed by atoms with Crippen molar-refractivity contribution in [1.82, 2.24) is 0 Å². The number of carbonyl (C=O) groups is 1. The van der Waals surface area contributed by atoms with Gasteiger partial charge in [-0.1, -0.05) is 20.3 Å². The maximum atomic E-state index is 11.0. The number of carbonyl (C=O) groups excluding carboxylic acids is 1. The number of rotatable bonds is 21. The van der Waals surface area contributed by atoms with Gasteiger partial charge in [-0.2, -0.15) is 0 Å². The van der Waals surface area contributed by atoms with Gasteiger partial charge in [0.25, 0.3) is 0 Å². The first kappa shape index (κ1) is 24.4. The summed E-state index contributed by atoms with van der Waals surface area (Å²) in [5, 5.41) is 0. The highest BCUT2D eigenvalue weighted by Crippen LogP contribution is 1.88. The Morgan fingerprint density at radius 1 is 0.560 bits per heavy atom. The first-order valence-corrected chi connectivity index (χ1v) is 9.29. The molecule has 0 aromatic rings. The zero-order valence-electron chi connectivity index (χ0n) is 16.0. The van der Waals surface area contributed by atoms with Crippen LogP contribution in [0.25, 0.3) is 0 Å². The zero-order valence-corrected chi connectivity index (χ0v) is 16.0. The lowest BCUT2D eigenvalue weighted by molar-refractivity contribution is -0.123. The fraction of sp³-hybridized carbons (Fsp3) is 0.944. The largest absolute Gasteiger partial charge is 0.379 e. The van der Waals surface area contributed by atoms with Gasteiger partial charge in [0.2, 0.25) is 0 Å². The molecule has 25 heavy (non-hydrogen) atoms. The van der Waals surface area contributed by atoms with Crippen LogP contribution < -0.4 is 0 Å². The van der Waals surface area contributed by atoms with Crippen molar-refractivity contribution in [3.63, 3.8) is 0 Å². The van der Waals surface area contributed by atoms with Gasteiger partial charge in [-0.05, 0) is 6.42 Å². The lowest BCUT2D eigenvalue weighted by atomic mass is 10.3. The lowest BCUT2D eigenvalue weighted by Crippen LogP contribution is -2.15. The van der Waals surface area contributed by atoms with Gasteiger partial charge >= 0.3 is 0 Å². The second kappa shape index (κ2) is 21.5. The Bertz CT molecular complexity index is 274. The molecule has 0 aromatic heterocycles. The molecule has 0 unspecified atom stereocenters. The summed E-state index contributed by atoms with van der Waals surface area (Å²) in [5.74, 6) is 0.106. The second-order valence-electron chi connectivity index (χ2n) is 5.36. The number of unbranched alkanes of at least 4 members (excludes halogenated alkanes) is 1. The molecular weight excluding hydrogens is 328 g/mol. The van der Waals surface area contributed by atoms with Crippen molar-refractivity contribution in [2.24, 2.45) is 0 Å². The fourth-order valence-electron chi connectivity index (χ4n) is 1.63. The third-order valence-corrected chi connectivity index (χ3v) is 3.16. The predicted octanol–water partition coefficient (Wildman–Crippen LogP) is 1.87. The molecule has 7 heteroatoms. The molecule has 0 atom stereocenters. The first-order chi connectivity index (χ1) is 12.3. The monoisotopic (exact) mass is 364 g/mol. The molecule has 0 bridgehead atoms. The smallest absolute Gasteiger partial charge is 0.158 e. The van der Waals surface area contributed by atoms with Crippen LogP contribution >= 0.6 is 0 Å². The van der Waals surface area contributed by atoms with Gasteiger partial charge in [0.05, 0.1) is 66.1 Å². The van der Waals surface area contributed by atoms with Gasteiger partial charge in [-0.15, -0.1) is 0 Å². The number of ketones is 1. The molecule has 0 aliphatic carbocycles. The van der Waals surface area contributed by atoms with E-state index in [1.54, 1.807) is 0 Å². The van der Waals surface area contributed by atoms with E-state index in [1.807, 2.05) is 6.92 Å². The fourth-order valence-corrected chi connectivity index (χ4v) is 1.63. The molecule has 0 N–H and O–H groups in total. The molecule has 0 amide bonds. The first-order valence-electron chi connectivity index (χ1n) is 9.29. The highest BCUT2D eigenvalue weighted by molar-refractivity contribution is 5.79. The van der Waals surface area contributed by atoms with Crippen LogP contribution in [0.2, 0.25) is 0 Å². The van der Waals surface area contributed by atoms with Crippen LogP contribution in [-0.4, -0.2) is 85.1 Å². The van der Waals surface area contributed by atoms with E-state index >= 15 is 0 Å². The normalized spacial score (nSPS) is 11.1. The standard InChI is InChI=1S/C18H36O7/c1-3-5-6-20-7-8-21-9-10-22-11-12-23-13-14-24-15-16-25-17-18(19)4-2/h3-17H2,1-2H3. The molecular formula is C18H36O7. The second-order valence-corrected chi connectivity index (χ2v) is 5.36. The molecule has 0 saturated carbocycles. The molecule has 7 nitrogen and oxygen atoms in total. The Morgan fingerprint density at radius 3 is 1.28 bits per heavy atom. The summed E-state index contributed by atoms with van der Waals surface area (Å²) in [6.07, 6.45) is 2.76. The summed E-state index contributed by atoms with van der Waals surface area (Å²) in [6.45, 7) is 10.3. The summed E-state index contributed by atoms with van der Waals surface area (Å²) in [6, 6.07) is 0. The number of Topliss-reactive ketones (excluding diaryl/α,β-unsaturated/α-hetero) is 1. The Morgan fingerprint density at radius 2 is 0.920 bits per heavy atom. The van der Waals surface area contributed by atoms with Crippen molar-refractivity contribution in [3.8, 4) is 0 Å². The van der Waals surface area contributed by atoms with Crippen LogP contribution in [0.4, 0.5) is 0 Å². The van der Waals surface area contributed by atoms with Gasteiger partial charge < -0.3 is 28.4 Å². The maximum absolute atomic E-state index is 11.0. The molecule has 0 fully saturated rings. The van der Waals surface area contributed by atoms with Crippen LogP contribution in [0, 0.1) is 0 Å².